The minimum Gasteiger partial charge on any atom is -0.478 e. The Labute approximate surface area is 118 Å². The molecule has 0 spiro atoms. The number of carboxylic acids is 1. The van der Waals surface area contributed by atoms with Crippen LogP contribution < -0.4 is 5.56 Å². The van der Waals surface area contributed by atoms with Gasteiger partial charge >= 0.3 is 5.97 Å². The Morgan fingerprint density at radius 2 is 2.00 bits per heavy atom. The highest BCUT2D eigenvalue weighted by Crippen LogP contribution is 2.27. The van der Waals surface area contributed by atoms with Gasteiger partial charge in [-0.15, -0.1) is 5.10 Å². The molecule has 0 aliphatic rings. The average molecular weight is 292 g/mol. The fourth-order valence-electron chi connectivity index (χ4n) is 1.60. The van der Waals surface area contributed by atoms with E-state index in [1.54, 1.807) is 20.8 Å². The van der Waals surface area contributed by atoms with Gasteiger partial charge in [-0.05, 0) is 38.1 Å². The molecule has 2 rings (SSSR count). The number of aromatic carboxylic acids is 1. The number of carbonyl (C=O) groups is 1. The van der Waals surface area contributed by atoms with Gasteiger partial charge in [-0.3, -0.25) is 4.79 Å². The molecule has 0 atom stereocenters. The number of aryl methyl sites for hydroxylation is 2. The van der Waals surface area contributed by atoms with Crippen molar-refractivity contribution in [3.63, 3.8) is 0 Å². The fourth-order valence-corrected chi connectivity index (χ4v) is 2.55. The van der Waals surface area contributed by atoms with E-state index < -0.39 is 5.97 Å². The number of nitrogens with zero attached hydrogens (tertiary/aromatic N) is 3. The van der Waals surface area contributed by atoms with Gasteiger partial charge in [0.25, 0.3) is 5.56 Å². The minimum absolute atomic E-state index is 0.0756. The van der Waals surface area contributed by atoms with Crippen LogP contribution in [0.15, 0.2) is 21.0 Å². The Hall–Kier alpha value is -2.22. The lowest BCUT2D eigenvalue weighted by Gasteiger charge is -2.08. The van der Waals surface area contributed by atoms with Gasteiger partial charge in [0.05, 0.1) is 11.3 Å². The molecule has 0 saturated heterocycles. The lowest BCUT2D eigenvalue weighted by molar-refractivity contribution is 0.0690. The number of aromatic nitrogens is 4. The highest BCUT2D eigenvalue weighted by atomic mass is 32.2. The van der Waals surface area contributed by atoms with E-state index in [4.69, 9.17) is 0 Å². The molecule has 0 saturated carbocycles. The normalized spacial score (nSPS) is 10.6. The van der Waals surface area contributed by atoms with Gasteiger partial charge in [-0.2, -0.15) is 5.10 Å². The van der Waals surface area contributed by atoms with Crippen LogP contribution in [0.25, 0.3) is 0 Å². The van der Waals surface area contributed by atoms with Crippen LogP contribution in [0.5, 0.6) is 0 Å². The summed E-state index contributed by atoms with van der Waals surface area (Å²) >= 11 is 0.973. The molecule has 0 aromatic carbocycles. The van der Waals surface area contributed by atoms with E-state index in [0.29, 0.717) is 17.0 Å². The van der Waals surface area contributed by atoms with Crippen molar-refractivity contribution in [1.82, 2.24) is 20.2 Å². The van der Waals surface area contributed by atoms with E-state index in [1.807, 2.05) is 0 Å². The van der Waals surface area contributed by atoms with E-state index in [0.717, 1.165) is 11.8 Å². The van der Waals surface area contributed by atoms with Gasteiger partial charge in [-0.1, -0.05) is 0 Å². The quantitative estimate of drug-likeness (QED) is 0.821. The van der Waals surface area contributed by atoms with Gasteiger partial charge in [-0.25, -0.2) is 9.78 Å². The van der Waals surface area contributed by atoms with Crippen molar-refractivity contribution in [2.75, 3.05) is 0 Å². The SMILES string of the molecule is Cc1cc(=O)[nH]c(Sc2nnc(C)c(C)c2C(=O)O)n1. The first-order valence-corrected chi connectivity index (χ1v) is 6.53. The van der Waals surface area contributed by atoms with E-state index >= 15 is 0 Å². The van der Waals surface area contributed by atoms with E-state index in [2.05, 4.69) is 20.2 Å². The molecule has 0 amide bonds. The average Bonchev–Trinajstić information content (AvgIpc) is 2.32. The molecule has 2 aromatic heterocycles. The number of rotatable bonds is 3. The van der Waals surface area contributed by atoms with Gasteiger partial charge in [0, 0.05) is 11.8 Å². The van der Waals surface area contributed by atoms with Crippen LogP contribution in [-0.2, 0) is 0 Å². The molecule has 0 aliphatic heterocycles. The summed E-state index contributed by atoms with van der Waals surface area (Å²) in [5.74, 6) is -1.09. The Bertz CT molecular complexity index is 742. The summed E-state index contributed by atoms with van der Waals surface area (Å²) < 4.78 is 0. The third-order valence-corrected chi connectivity index (χ3v) is 3.54. The van der Waals surface area contributed by atoms with Crippen LogP contribution >= 0.6 is 11.8 Å². The Kier molecular flexibility index (Phi) is 3.84. The molecular weight excluding hydrogens is 280 g/mol. The van der Waals surface area contributed by atoms with Crippen molar-refractivity contribution in [2.45, 2.75) is 31.0 Å². The van der Waals surface area contributed by atoms with E-state index in [-0.39, 0.29) is 21.3 Å². The zero-order valence-corrected chi connectivity index (χ0v) is 11.9. The smallest absolute Gasteiger partial charge is 0.338 e. The fraction of sp³-hybridized carbons (Fsp3) is 0.250. The molecule has 8 heteroatoms. The zero-order valence-electron chi connectivity index (χ0n) is 11.1. The van der Waals surface area contributed by atoms with Gasteiger partial charge in [0.2, 0.25) is 0 Å². The predicted octanol–water partition coefficient (Wildman–Crippen LogP) is 1.33. The Balaban J connectivity index is 2.51. The first-order valence-electron chi connectivity index (χ1n) is 5.71. The van der Waals surface area contributed by atoms with Crippen LogP contribution in [0, 0.1) is 20.8 Å². The van der Waals surface area contributed by atoms with E-state index in [1.165, 1.54) is 6.07 Å². The van der Waals surface area contributed by atoms with Crippen molar-refractivity contribution in [3.05, 3.63) is 38.9 Å². The van der Waals surface area contributed by atoms with Crippen molar-refractivity contribution < 1.29 is 9.90 Å². The van der Waals surface area contributed by atoms with Crippen LogP contribution in [0.2, 0.25) is 0 Å². The molecule has 0 bridgehead atoms. The molecule has 2 heterocycles. The van der Waals surface area contributed by atoms with E-state index in [9.17, 15) is 14.7 Å². The Morgan fingerprint density at radius 3 is 2.60 bits per heavy atom. The number of aromatic amines is 1. The molecule has 0 unspecified atom stereocenters. The zero-order chi connectivity index (χ0) is 14.9. The van der Waals surface area contributed by atoms with Crippen molar-refractivity contribution >= 4 is 17.7 Å². The number of carboxylic acid groups (broad SMARTS) is 1. The summed E-state index contributed by atoms with van der Waals surface area (Å²) in [5.41, 5.74) is 1.42. The van der Waals surface area contributed by atoms with Crippen LogP contribution in [-0.4, -0.2) is 31.2 Å². The molecule has 2 aromatic rings. The van der Waals surface area contributed by atoms with Gasteiger partial charge in [0.1, 0.15) is 5.03 Å². The number of hydrogen-bond acceptors (Lipinski definition) is 6. The molecular formula is C12H12N4O3S. The molecule has 7 nitrogen and oxygen atoms in total. The predicted molar refractivity (Wildman–Crippen MR) is 72.2 cm³/mol. The lowest BCUT2D eigenvalue weighted by atomic mass is 10.1. The lowest BCUT2D eigenvalue weighted by Crippen LogP contribution is -2.11. The maximum absolute atomic E-state index is 11.4. The maximum atomic E-state index is 11.4. The second kappa shape index (κ2) is 5.41. The first kappa shape index (κ1) is 14.2. The van der Waals surface area contributed by atoms with Crippen molar-refractivity contribution in [3.8, 4) is 0 Å². The molecule has 0 aliphatic carbocycles. The van der Waals surface area contributed by atoms with Gasteiger partial charge in [0.15, 0.2) is 5.16 Å². The highest BCUT2D eigenvalue weighted by molar-refractivity contribution is 7.99. The molecule has 2 N–H and O–H groups in total. The first-order chi connectivity index (χ1) is 9.38. The number of nitrogens with one attached hydrogen (secondary N) is 1. The topological polar surface area (TPSA) is 109 Å². The van der Waals surface area contributed by atoms with Crippen LogP contribution in [0.4, 0.5) is 0 Å². The summed E-state index contributed by atoms with van der Waals surface area (Å²) in [4.78, 5) is 29.4. The summed E-state index contributed by atoms with van der Waals surface area (Å²) in [6.45, 7) is 5.05. The molecule has 104 valence electrons. The minimum atomic E-state index is -1.09. The summed E-state index contributed by atoms with van der Waals surface area (Å²) in [6, 6.07) is 1.36. The van der Waals surface area contributed by atoms with Crippen molar-refractivity contribution in [1.29, 1.82) is 0 Å². The third kappa shape index (κ3) is 2.85. The second-order valence-electron chi connectivity index (χ2n) is 4.19. The largest absolute Gasteiger partial charge is 0.478 e. The monoisotopic (exact) mass is 292 g/mol. The molecule has 0 fully saturated rings. The molecule has 20 heavy (non-hydrogen) atoms. The molecule has 0 radical (unpaired) electrons. The highest BCUT2D eigenvalue weighted by Gasteiger charge is 2.19. The van der Waals surface area contributed by atoms with Crippen molar-refractivity contribution in [2.24, 2.45) is 0 Å². The third-order valence-electron chi connectivity index (χ3n) is 2.68. The summed E-state index contributed by atoms with van der Waals surface area (Å²) in [7, 11) is 0. The number of hydrogen-bond donors (Lipinski definition) is 2. The Morgan fingerprint density at radius 1 is 1.30 bits per heavy atom. The standard InChI is InChI=1S/C12H12N4O3S/c1-5-4-8(17)14-12(13-5)20-10-9(11(18)19)6(2)7(3)15-16-10/h4H,1-3H3,(H,18,19)(H,13,14,17). The van der Waals surface area contributed by atoms with Crippen LogP contribution in [0.1, 0.15) is 27.3 Å². The van der Waals surface area contributed by atoms with Crippen LogP contribution in [0.3, 0.4) is 0 Å². The summed E-state index contributed by atoms with van der Waals surface area (Å²) in [6.07, 6.45) is 0. The maximum Gasteiger partial charge on any atom is 0.338 e. The second-order valence-corrected chi connectivity index (χ2v) is 5.17. The number of H-pyrrole nitrogens is 1. The van der Waals surface area contributed by atoms with Gasteiger partial charge < -0.3 is 10.1 Å². The summed E-state index contributed by atoms with van der Waals surface area (Å²) in [5, 5.41) is 17.6.